The van der Waals surface area contributed by atoms with Crippen molar-refractivity contribution >= 4 is 23.0 Å². The highest BCUT2D eigenvalue weighted by atomic mass is 32.1. The molecule has 0 saturated carbocycles. The van der Waals surface area contributed by atoms with Gasteiger partial charge in [0.1, 0.15) is 0 Å². The molecule has 13 heavy (non-hydrogen) atoms. The van der Waals surface area contributed by atoms with Gasteiger partial charge in [0.15, 0.2) is 5.11 Å². The van der Waals surface area contributed by atoms with Crippen LogP contribution in [0.5, 0.6) is 0 Å². The first-order valence-corrected chi connectivity index (χ1v) is 4.54. The summed E-state index contributed by atoms with van der Waals surface area (Å²) in [6, 6.07) is 9.59. The van der Waals surface area contributed by atoms with Crippen LogP contribution in [0.2, 0.25) is 0 Å². The number of anilines is 1. The van der Waals surface area contributed by atoms with Gasteiger partial charge in [-0.15, -0.1) is 0 Å². The summed E-state index contributed by atoms with van der Waals surface area (Å²) in [4.78, 5) is 0. The highest BCUT2D eigenvalue weighted by molar-refractivity contribution is 7.80. The van der Waals surface area contributed by atoms with Crippen LogP contribution in [0, 0.1) is 0 Å². The van der Waals surface area contributed by atoms with Gasteiger partial charge in [-0.3, -0.25) is 5.01 Å². The lowest BCUT2D eigenvalue weighted by Gasteiger charge is -2.19. The highest BCUT2D eigenvalue weighted by Crippen LogP contribution is 2.08. The van der Waals surface area contributed by atoms with Gasteiger partial charge in [0, 0.05) is 6.54 Å². The van der Waals surface area contributed by atoms with Crippen molar-refractivity contribution in [1.29, 1.82) is 0 Å². The molecular formula is C9H13N3S. The minimum atomic E-state index is 0.536. The molecule has 0 unspecified atom stereocenters. The van der Waals surface area contributed by atoms with Crippen molar-refractivity contribution in [1.82, 2.24) is 5.32 Å². The molecule has 4 heteroatoms. The van der Waals surface area contributed by atoms with Crippen molar-refractivity contribution in [2.75, 3.05) is 11.6 Å². The molecule has 0 fully saturated rings. The number of benzene rings is 1. The largest absolute Gasteiger partial charge is 0.361 e. The molecule has 0 amide bonds. The molecule has 0 aromatic heterocycles. The molecule has 0 bridgehead atoms. The van der Waals surface area contributed by atoms with Crippen LogP contribution in [0.1, 0.15) is 6.92 Å². The molecule has 1 aromatic rings. The van der Waals surface area contributed by atoms with E-state index in [1.807, 2.05) is 37.3 Å². The number of para-hydroxylation sites is 1. The molecule has 0 aliphatic heterocycles. The van der Waals surface area contributed by atoms with Crippen molar-refractivity contribution in [3.8, 4) is 0 Å². The van der Waals surface area contributed by atoms with Crippen LogP contribution in [0.3, 0.4) is 0 Å². The number of hydrogen-bond donors (Lipinski definition) is 2. The fourth-order valence-electron chi connectivity index (χ4n) is 0.942. The van der Waals surface area contributed by atoms with Gasteiger partial charge in [-0.25, -0.2) is 5.84 Å². The predicted molar refractivity (Wildman–Crippen MR) is 59.4 cm³/mol. The number of nitrogens with two attached hydrogens (primary N) is 1. The Labute approximate surface area is 83.5 Å². The van der Waals surface area contributed by atoms with E-state index in [1.165, 1.54) is 5.01 Å². The average molecular weight is 195 g/mol. The van der Waals surface area contributed by atoms with Crippen LogP contribution in [-0.4, -0.2) is 11.7 Å². The first kappa shape index (κ1) is 9.95. The molecule has 0 radical (unpaired) electrons. The minimum Gasteiger partial charge on any atom is -0.361 e. The van der Waals surface area contributed by atoms with Crippen molar-refractivity contribution in [2.45, 2.75) is 6.92 Å². The zero-order valence-electron chi connectivity index (χ0n) is 7.53. The SMILES string of the molecule is CCNC(=S)N(N)c1ccccc1. The summed E-state index contributed by atoms with van der Waals surface area (Å²) in [5.41, 5.74) is 0.883. The van der Waals surface area contributed by atoms with Gasteiger partial charge in [0.05, 0.1) is 5.69 Å². The van der Waals surface area contributed by atoms with Gasteiger partial charge in [-0.1, -0.05) is 18.2 Å². The Morgan fingerprint density at radius 2 is 2.08 bits per heavy atom. The van der Waals surface area contributed by atoms with Crippen molar-refractivity contribution < 1.29 is 0 Å². The van der Waals surface area contributed by atoms with Crippen LogP contribution < -0.4 is 16.2 Å². The highest BCUT2D eigenvalue weighted by Gasteiger charge is 2.04. The molecule has 0 spiro atoms. The van der Waals surface area contributed by atoms with Gasteiger partial charge in [-0.05, 0) is 31.3 Å². The van der Waals surface area contributed by atoms with Crippen molar-refractivity contribution in [3.05, 3.63) is 30.3 Å². The average Bonchev–Trinajstić information content (AvgIpc) is 2.18. The molecule has 0 atom stereocenters. The van der Waals surface area contributed by atoms with Crippen LogP contribution in [0.4, 0.5) is 5.69 Å². The van der Waals surface area contributed by atoms with E-state index >= 15 is 0 Å². The van der Waals surface area contributed by atoms with Gasteiger partial charge < -0.3 is 5.32 Å². The Bertz CT molecular complexity index is 273. The number of nitrogens with one attached hydrogen (secondary N) is 1. The second-order valence-electron chi connectivity index (χ2n) is 2.54. The Morgan fingerprint density at radius 1 is 1.46 bits per heavy atom. The molecule has 0 heterocycles. The standard InChI is InChI=1S/C9H13N3S/c1-2-11-9(13)12(10)8-6-4-3-5-7-8/h3-7H,2,10H2,1H3,(H,11,13). The third-order valence-corrected chi connectivity index (χ3v) is 1.92. The Kier molecular flexibility index (Phi) is 3.67. The van der Waals surface area contributed by atoms with E-state index in [4.69, 9.17) is 18.1 Å². The second kappa shape index (κ2) is 4.79. The molecule has 0 saturated heterocycles. The van der Waals surface area contributed by atoms with E-state index in [2.05, 4.69) is 5.32 Å². The van der Waals surface area contributed by atoms with E-state index in [0.717, 1.165) is 12.2 Å². The number of thiocarbonyl (C=S) groups is 1. The molecule has 3 nitrogen and oxygen atoms in total. The number of nitrogens with zero attached hydrogens (tertiary/aromatic N) is 1. The van der Waals surface area contributed by atoms with Crippen molar-refractivity contribution in [3.63, 3.8) is 0 Å². The summed E-state index contributed by atoms with van der Waals surface area (Å²) < 4.78 is 0. The van der Waals surface area contributed by atoms with E-state index in [0.29, 0.717) is 5.11 Å². The third-order valence-electron chi connectivity index (χ3n) is 1.58. The van der Waals surface area contributed by atoms with Crippen molar-refractivity contribution in [2.24, 2.45) is 5.84 Å². The maximum Gasteiger partial charge on any atom is 0.188 e. The molecule has 0 aliphatic rings. The fraction of sp³-hybridized carbons (Fsp3) is 0.222. The third kappa shape index (κ3) is 2.68. The summed E-state index contributed by atoms with van der Waals surface area (Å²) in [5.74, 6) is 5.75. The zero-order chi connectivity index (χ0) is 9.68. The normalized spacial score (nSPS) is 9.38. The molecule has 0 aliphatic carbocycles. The molecular weight excluding hydrogens is 182 g/mol. The minimum absolute atomic E-state index is 0.536. The van der Waals surface area contributed by atoms with Gasteiger partial charge in [0.25, 0.3) is 0 Å². The topological polar surface area (TPSA) is 41.3 Å². The van der Waals surface area contributed by atoms with Gasteiger partial charge >= 0.3 is 0 Å². The Morgan fingerprint density at radius 3 is 2.62 bits per heavy atom. The van der Waals surface area contributed by atoms with Crippen LogP contribution >= 0.6 is 12.2 Å². The summed E-state index contributed by atoms with van der Waals surface area (Å²) >= 11 is 5.05. The maximum atomic E-state index is 5.75. The van der Waals surface area contributed by atoms with Crippen LogP contribution in [-0.2, 0) is 0 Å². The first-order valence-electron chi connectivity index (χ1n) is 4.13. The maximum absolute atomic E-state index is 5.75. The summed E-state index contributed by atoms with van der Waals surface area (Å²) in [5, 5.41) is 4.97. The summed E-state index contributed by atoms with van der Waals surface area (Å²) in [7, 11) is 0. The fourth-order valence-corrected chi connectivity index (χ4v) is 1.19. The lowest BCUT2D eigenvalue weighted by atomic mass is 10.3. The monoisotopic (exact) mass is 195 g/mol. The van der Waals surface area contributed by atoms with Crippen LogP contribution in [0.15, 0.2) is 30.3 Å². The van der Waals surface area contributed by atoms with Crippen LogP contribution in [0.25, 0.3) is 0 Å². The van der Waals surface area contributed by atoms with Gasteiger partial charge in [-0.2, -0.15) is 0 Å². The zero-order valence-corrected chi connectivity index (χ0v) is 8.34. The Hall–Kier alpha value is -1.13. The van der Waals surface area contributed by atoms with E-state index in [1.54, 1.807) is 0 Å². The molecule has 1 aromatic carbocycles. The van der Waals surface area contributed by atoms with E-state index in [9.17, 15) is 0 Å². The predicted octanol–water partition coefficient (Wildman–Crippen LogP) is 1.26. The smallest absolute Gasteiger partial charge is 0.188 e. The summed E-state index contributed by atoms with van der Waals surface area (Å²) in [6.45, 7) is 2.75. The molecule has 3 N–H and O–H groups in total. The molecule has 1 rings (SSSR count). The van der Waals surface area contributed by atoms with E-state index in [-0.39, 0.29) is 0 Å². The number of hydrazine groups is 1. The Balaban J connectivity index is 2.68. The second-order valence-corrected chi connectivity index (χ2v) is 2.93. The quantitative estimate of drug-likeness (QED) is 0.423. The number of rotatable bonds is 2. The van der Waals surface area contributed by atoms with Gasteiger partial charge in [0.2, 0.25) is 0 Å². The summed E-state index contributed by atoms with van der Waals surface area (Å²) in [6.07, 6.45) is 0. The number of hydrogen-bond acceptors (Lipinski definition) is 2. The molecule has 70 valence electrons. The van der Waals surface area contributed by atoms with E-state index < -0.39 is 0 Å². The lowest BCUT2D eigenvalue weighted by molar-refractivity contribution is 0.939. The first-order chi connectivity index (χ1) is 6.25. The lowest BCUT2D eigenvalue weighted by Crippen LogP contribution is -2.44.